The van der Waals surface area contributed by atoms with Gasteiger partial charge in [-0.05, 0) is 43.2 Å². The van der Waals surface area contributed by atoms with Gasteiger partial charge in [-0.3, -0.25) is 4.55 Å². The van der Waals surface area contributed by atoms with Crippen molar-refractivity contribution in [3.05, 3.63) is 29.3 Å². The van der Waals surface area contributed by atoms with Gasteiger partial charge in [0.25, 0.3) is 10.1 Å². The second-order valence-electron chi connectivity index (χ2n) is 6.31. The molecule has 138 valence electrons. The zero-order valence-corrected chi connectivity index (χ0v) is 15.9. The molecule has 0 fully saturated rings. The second kappa shape index (κ2) is 11.5. The molecule has 0 bridgehead atoms. The molecule has 4 nitrogen and oxygen atoms in total. The maximum absolute atomic E-state index is 10.8. The van der Waals surface area contributed by atoms with Crippen molar-refractivity contribution >= 4 is 10.1 Å². The average Bonchev–Trinajstić information content (AvgIpc) is 2.52. The van der Waals surface area contributed by atoms with Crippen LogP contribution in [0.5, 0.6) is 5.75 Å². The van der Waals surface area contributed by atoms with Gasteiger partial charge in [0.05, 0.1) is 12.4 Å². The van der Waals surface area contributed by atoms with Crippen LogP contribution in [0.25, 0.3) is 0 Å². The summed E-state index contributed by atoms with van der Waals surface area (Å²) in [5.74, 6) is 0.677. The van der Waals surface area contributed by atoms with E-state index in [4.69, 9.17) is 9.29 Å². The quantitative estimate of drug-likeness (QED) is 0.407. The van der Waals surface area contributed by atoms with Gasteiger partial charge in [-0.1, -0.05) is 57.7 Å². The number of unbranched alkanes of at least 4 members (excludes halogenated alkanes) is 4. The Morgan fingerprint density at radius 1 is 0.917 bits per heavy atom. The Labute approximate surface area is 147 Å². The van der Waals surface area contributed by atoms with Gasteiger partial charge in [0.15, 0.2) is 0 Å². The Kier molecular flexibility index (Phi) is 10.0. The minimum atomic E-state index is -3.91. The van der Waals surface area contributed by atoms with Gasteiger partial charge in [0, 0.05) is 0 Å². The molecular formula is C19H32O4S. The van der Waals surface area contributed by atoms with Gasteiger partial charge < -0.3 is 4.74 Å². The standard InChI is InChI=1S/C19H32O4S/c1-3-5-7-11-17-13-9-14-18(12-8-6-4-2)19(17)23-15-10-16-24(20,21)22/h9,13-14H,3-8,10-12,15-16H2,1-2H3,(H,20,21,22). The van der Waals surface area contributed by atoms with E-state index in [2.05, 4.69) is 32.0 Å². The fraction of sp³-hybridized carbons (Fsp3) is 0.684. The van der Waals surface area contributed by atoms with Crippen molar-refractivity contribution in [3.63, 3.8) is 0 Å². The molecule has 0 amide bonds. The van der Waals surface area contributed by atoms with Crippen molar-refractivity contribution in [1.82, 2.24) is 0 Å². The Hall–Kier alpha value is -1.07. The number of hydrogen-bond acceptors (Lipinski definition) is 3. The van der Waals surface area contributed by atoms with Crippen molar-refractivity contribution in [2.45, 2.75) is 71.6 Å². The summed E-state index contributed by atoms with van der Waals surface area (Å²) in [4.78, 5) is 0. The molecule has 0 heterocycles. The first-order chi connectivity index (χ1) is 11.5. The first-order valence-electron chi connectivity index (χ1n) is 9.16. The summed E-state index contributed by atoms with van der Waals surface area (Å²) in [7, 11) is -3.91. The Morgan fingerprint density at radius 2 is 1.46 bits per heavy atom. The third-order valence-electron chi connectivity index (χ3n) is 4.07. The van der Waals surface area contributed by atoms with Crippen molar-refractivity contribution in [1.29, 1.82) is 0 Å². The monoisotopic (exact) mass is 356 g/mol. The number of hydrogen-bond donors (Lipinski definition) is 1. The van der Waals surface area contributed by atoms with Crippen molar-refractivity contribution < 1.29 is 17.7 Å². The average molecular weight is 357 g/mol. The van der Waals surface area contributed by atoms with E-state index in [1.54, 1.807) is 0 Å². The number of benzene rings is 1. The summed E-state index contributed by atoms with van der Waals surface area (Å²) < 4.78 is 36.4. The minimum absolute atomic E-state index is 0.254. The zero-order valence-electron chi connectivity index (χ0n) is 15.1. The van der Waals surface area contributed by atoms with E-state index in [1.165, 1.54) is 36.8 Å². The van der Waals surface area contributed by atoms with Crippen LogP contribution in [-0.4, -0.2) is 25.3 Å². The SMILES string of the molecule is CCCCCc1cccc(CCCCC)c1OCCCS(=O)(=O)O. The Morgan fingerprint density at radius 3 is 1.92 bits per heavy atom. The summed E-state index contributed by atoms with van der Waals surface area (Å²) in [6.45, 7) is 4.69. The van der Waals surface area contributed by atoms with Crippen LogP contribution in [-0.2, 0) is 23.0 Å². The molecule has 0 unspecified atom stereocenters. The molecule has 0 saturated heterocycles. The third-order valence-corrected chi connectivity index (χ3v) is 4.88. The van der Waals surface area contributed by atoms with Crippen molar-refractivity contribution in [3.8, 4) is 5.75 Å². The van der Waals surface area contributed by atoms with Crippen LogP contribution >= 0.6 is 0 Å². The zero-order chi connectivity index (χ0) is 17.8. The van der Waals surface area contributed by atoms with Crippen LogP contribution < -0.4 is 4.74 Å². The predicted octanol–water partition coefficient (Wildman–Crippen LogP) is 4.81. The summed E-state index contributed by atoms with van der Waals surface area (Å²) in [5, 5.41) is 0. The van der Waals surface area contributed by atoms with E-state index in [-0.39, 0.29) is 5.75 Å². The lowest BCUT2D eigenvalue weighted by Gasteiger charge is -2.16. The first-order valence-corrected chi connectivity index (χ1v) is 10.8. The number of para-hydroxylation sites is 1. The molecule has 0 aliphatic heterocycles. The van der Waals surface area contributed by atoms with Gasteiger partial charge in [-0.15, -0.1) is 0 Å². The van der Waals surface area contributed by atoms with Crippen LogP contribution in [0.3, 0.4) is 0 Å². The molecule has 0 aromatic heterocycles. The lowest BCUT2D eigenvalue weighted by Crippen LogP contribution is -2.10. The third kappa shape index (κ3) is 8.69. The van der Waals surface area contributed by atoms with Gasteiger partial charge in [-0.2, -0.15) is 8.42 Å². The molecule has 0 spiro atoms. The van der Waals surface area contributed by atoms with Gasteiger partial charge in [0.1, 0.15) is 5.75 Å². The summed E-state index contributed by atoms with van der Waals surface area (Å²) in [5.41, 5.74) is 2.42. The molecule has 5 heteroatoms. The van der Waals surface area contributed by atoms with E-state index in [9.17, 15) is 8.42 Å². The van der Waals surface area contributed by atoms with Crippen LogP contribution in [0, 0.1) is 0 Å². The van der Waals surface area contributed by atoms with E-state index < -0.39 is 10.1 Å². The normalized spacial score (nSPS) is 11.6. The lowest BCUT2D eigenvalue weighted by atomic mass is 9.99. The van der Waals surface area contributed by atoms with Crippen LogP contribution in [0.15, 0.2) is 18.2 Å². The summed E-state index contributed by atoms with van der Waals surface area (Å²) >= 11 is 0. The molecule has 1 rings (SSSR count). The number of ether oxygens (including phenoxy) is 1. The summed E-state index contributed by atoms with van der Waals surface area (Å²) in [6, 6.07) is 6.31. The first kappa shape index (κ1) is 21.0. The maximum atomic E-state index is 10.8. The highest BCUT2D eigenvalue weighted by Crippen LogP contribution is 2.28. The van der Waals surface area contributed by atoms with Crippen LogP contribution in [0.2, 0.25) is 0 Å². The van der Waals surface area contributed by atoms with E-state index in [0.717, 1.165) is 31.4 Å². The second-order valence-corrected chi connectivity index (χ2v) is 7.88. The van der Waals surface area contributed by atoms with Crippen molar-refractivity contribution in [2.24, 2.45) is 0 Å². The molecule has 0 aliphatic rings. The highest BCUT2D eigenvalue weighted by molar-refractivity contribution is 7.85. The lowest BCUT2D eigenvalue weighted by molar-refractivity contribution is 0.309. The highest BCUT2D eigenvalue weighted by atomic mass is 32.2. The Balaban J connectivity index is 2.75. The molecule has 0 radical (unpaired) electrons. The smallest absolute Gasteiger partial charge is 0.264 e. The van der Waals surface area contributed by atoms with Crippen LogP contribution in [0.4, 0.5) is 0 Å². The summed E-state index contributed by atoms with van der Waals surface area (Å²) in [6.07, 6.45) is 9.31. The van der Waals surface area contributed by atoms with Crippen LogP contribution in [0.1, 0.15) is 69.9 Å². The molecule has 0 aliphatic carbocycles. The van der Waals surface area contributed by atoms with Gasteiger partial charge in [0.2, 0.25) is 0 Å². The van der Waals surface area contributed by atoms with E-state index in [1.807, 2.05) is 0 Å². The number of aryl methyl sites for hydroxylation is 2. The molecule has 0 atom stereocenters. The van der Waals surface area contributed by atoms with E-state index >= 15 is 0 Å². The maximum Gasteiger partial charge on any atom is 0.264 e. The Bertz CT molecular complexity index is 538. The number of rotatable bonds is 13. The predicted molar refractivity (Wildman–Crippen MR) is 99.4 cm³/mol. The van der Waals surface area contributed by atoms with Crippen molar-refractivity contribution in [2.75, 3.05) is 12.4 Å². The molecule has 24 heavy (non-hydrogen) atoms. The largest absolute Gasteiger partial charge is 0.493 e. The molecule has 1 N–H and O–H groups in total. The van der Waals surface area contributed by atoms with E-state index in [0.29, 0.717) is 13.0 Å². The molecule has 1 aromatic rings. The molecule has 1 aromatic carbocycles. The van der Waals surface area contributed by atoms with Gasteiger partial charge in [-0.25, -0.2) is 0 Å². The molecule has 0 saturated carbocycles. The minimum Gasteiger partial charge on any atom is -0.493 e. The highest BCUT2D eigenvalue weighted by Gasteiger charge is 2.11. The fourth-order valence-electron chi connectivity index (χ4n) is 2.76. The topological polar surface area (TPSA) is 63.6 Å². The molecular weight excluding hydrogens is 324 g/mol. The fourth-order valence-corrected chi connectivity index (χ4v) is 3.25. The van der Waals surface area contributed by atoms with Gasteiger partial charge >= 0.3 is 0 Å².